The predicted molar refractivity (Wildman–Crippen MR) is 62.3 cm³/mol. The number of halogens is 1. The van der Waals surface area contributed by atoms with Crippen LogP contribution in [0.25, 0.3) is 0 Å². The van der Waals surface area contributed by atoms with E-state index in [0.29, 0.717) is 11.3 Å². The SMILES string of the molecule is COC(=O)CC(O)c1ccc(F)cc1N(C)C. The summed E-state index contributed by atoms with van der Waals surface area (Å²) in [5, 5.41) is 9.89. The van der Waals surface area contributed by atoms with Crippen molar-refractivity contribution >= 4 is 11.7 Å². The number of esters is 1. The third-order valence-corrected chi connectivity index (χ3v) is 2.42. The Labute approximate surface area is 99.6 Å². The Hall–Kier alpha value is -1.62. The number of carbonyl (C=O) groups is 1. The zero-order chi connectivity index (χ0) is 13.0. The molecule has 1 N–H and O–H groups in total. The number of hydrogen-bond donors (Lipinski definition) is 1. The topological polar surface area (TPSA) is 49.8 Å². The van der Waals surface area contributed by atoms with Gasteiger partial charge >= 0.3 is 5.97 Å². The van der Waals surface area contributed by atoms with Crippen molar-refractivity contribution in [2.24, 2.45) is 0 Å². The third kappa shape index (κ3) is 3.42. The fourth-order valence-electron chi connectivity index (χ4n) is 1.54. The number of benzene rings is 1. The second-order valence-corrected chi connectivity index (χ2v) is 3.89. The molecule has 0 aliphatic rings. The minimum absolute atomic E-state index is 0.150. The van der Waals surface area contributed by atoms with E-state index in [4.69, 9.17) is 0 Å². The van der Waals surface area contributed by atoms with E-state index in [1.54, 1.807) is 19.0 Å². The molecule has 0 aliphatic carbocycles. The number of methoxy groups -OCH3 is 1. The second-order valence-electron chi connectivity index (χ2n) is 3.89. The number of anilines is 1. The number of aliphatic hydroxyl groups excluding tert-OH is 1. The molecule has 0 bridgehead atoms. The summed E-state index contributed by atoms with van der Waals surface area (Å²) >= 11 is 0. The molecular weight excluding hydrogens is 225 g/mol. The summed E-state index contributed by atoms with van der Waals surface area (Å²) in [6.07, 6.45) is -1.15. The number of carbonyl (C=O) groups excluding carboxylic acids is 1. The third-order valence-electron chi connectivity index (χ3n) is 2.42. The van der Waals surface area contributed by atoms with Crippen molar-refractivity contribution in [2.75, 3.05) is 26.1 Å². The molecule has 17 heavy (non-hydrogen) atoms. The van der Waals surface area contributed by atoms with E-state index in [1.165, 1.54) is 25.3 Å². The van der Waals surface area contributed by atoms with Gasteiger partial charge in [0, 0.05) is 25.3 Å². The van der Waals surface area contributed by atoms with Crippen molar-refractivity contribution in [1.82, 2.24) is 0 Å². The van der Waals surface area contributed by atoms with Crippen LogP contribution in [0.15, 0.2) is 18.2 Å². The summed E-state index contributed by atoms with van der Waals surface area (Å²) in [7, 11) is 4.73. The van der Waals surface area contributed by atoms with Crippen LogP contribution in [0, 0.1) is 5.82 Å². The van der Waals surface area contributed by atoms with E-state index in [-0.39, 0.29) is 12.2 Å². The predicted octanol–water partition coefficient (Wildman–Crippen LogP) is 1.49. The van der Waals surface area contributed by atoms with Crippen LogP contribution in [-0.4, -0.2) is 32.3 Å². The molecule has 94 valence electrons. The highest BCUT2D eigenvalue weighted by Crippen LogP contribution is 2.28. The standard InChI is InChI=1S/C12H16FNO3/c1-14(2)10-6-8(13)4-5-9(10)11(15)7-12(16)17-3/h4-6,11,15H,7H2,1-3H3. The summed E-state index contributed by atoms with van der Waals surface area (Å²) in [4.78, 5) is 12.8. The van der Waals surface area contributed by atoms with E-state index in [0.717, 1.165) is 0 Å². The van der Waals surface area contributed by atoms with Crippen molar-refractivity contribution in [2.45, 2.75) is 12.5 Å². The Morgan fingerprint density at radius 2 is 2.18 bits per heavy atom. The van der Waals surface area contributed by atoms with Gasteiger partial charge in [-0.15, -0.1) is 0 Å². The number of ether oxygens (including phenoxy) is 1. The maximum absolute atomic E-state index is 13.1. The molecule has 5 heteroatoms. The Balaban J connectivity index is 3.00. The lowest BCUT2D eigenvalue weighted by Crippen LogP contribution is -2.15. The average molecular weight is 241 g/mol. The van der Waals surface area contributed by atoms with Crippen molar-refractivity contribution in [3.8, 4) is 0 Å². The van der Waals surface area contributed by atoms with Gasteiger partial charge in [-0.25, -0.2) is 4.39 Å². The Morgan fingerprint density at radius 3 is 2.71 bits per heavy atom. The lowest BCUT2D eigenvalue weighted by molar-refractivity contribution is -0.142. The highest BCUT2D eigenvalue weighted by atomic mass is 19.1. The monoisotopic (exact) mass is 241 g/mol. The minimum Gasteiger partial charge on any atom is -0.469 e. The van der Waals surface area contributed by atoms with Crippen LogP contribution >= 0.6 is 0 Å². The van der Waals surface area contributed by atoms with Crippen molar-refractivity contribution < 1.29 is 19.0 Å². The quantitative estimate of drug-likeness (QED) is 0.811. The smallest absolute Gasteiger partial charge is 0.308 e. The Morgan fingerprint density at radius 1 is 1.53 bits per heavy atom. The number of nitrogens with zero attached hydrogens (tertiary/aromatic N) is 1. The molecule has 0 aliphatic heterocycles. The zero-order valence-corrected chi connectivity index (χ0v) is 10.1. The van der Waals surface area contributed by atoms with Gasteiger partial charge in [-0.2, -0.15) is 0 Å². The van der Waals surface area contributed by atoms with Crippen LogP contribution in [-0.2, 0) is 9.53 Å². The molecule has 0 radical (unpaired) electrons. The Kier molecular flexibility index (Phi) is 4.45. The number of aliphatic hydroxyl groups is 1. The minimum atomic E-state index is -1.000. The van der Waals surface area contributed by atoms with Crippen LogP contribution in [0.4, 0.5) is 10.1 Å². The fourth-order valence-corrected chi connectivity index (χ4v) is 1.54. The van der Waals surface area contributed by atoms with E-state index in [9.17, 15) is 14.3 Å². The number of rotatable bonds is 4. The highest BCUT2D eigenvalue weighted by molar-refractivity contribution is 5.70. The van der Waals surface area contributed by atoms with Crippen LogP contribution in [0.1, 0.15) is 18.1 Å². The molecule has 1 unspecified atom stereocenters. The molecule has 0 aromatic heterocycles. The van der Waals surface area contributed by atoms with E-state index in [1.807, 2.05) is 0 Å². The molecule has 0 amide bonds. The maximum Gasteiger partial charge on any atom is 0.308 e. The van der Waals surface area contributed by atoms with Gasteiger partial charge in [-0.1, -0.05) is 6.07 Å². The van der Waals surface area contributed by atoms with E-state index >= 15 is 0 Å². The van der Waals surface area contributed by atoms with Crippen LogP contribution < -0.4 is 4.90 Å². The summed E-state index contributed by atoms with van der Waals surface area (Å²) in [6, 6.07) is 4.04. The number of hydrogen-bond acceptors (Lipinski definition) is 4. The van der Waals surface area contributed by atoms with Crippen molar-refractivity contribution in [3.05, 3.63) is 29.6 Å². The van der Waals surface area contributed by atoms with E-state index < -0.39 is 12.1 Å². The van der Waals surface area contributed by atoms with E-state index in [2.05, 4.69) is 4.74 Å². The first-order valence-electron chi connectivity index (χ1n) is 5.17. The molecule has 0 heterocycles. The second kappa shape index (κ2) is 5.63. The first kappa shape index (κ1) is 13.4. The molecular formula is C12H16FNO3. The molecule has 0 fully saturated rings. The maximum atomic E-state index is 13.1. The molecule has 1 aromatic rings. The van der Waals surface area contributed by atoms with Gasteiger partial charge in [0.2, 0.25) is 0 Å². The molecule has 1 rings (SSSR count). The van der Waals surface area contributed by atoms with Gasteiger partial charge in [0.1, 0.15) is 5.82 Å². The average Bonchev–Trinajstić information content (AvgIpc) is 2.28. The van der Waals surface area contributed by atoms with Crippen molar-refractivity contribution in [1.29, 1.82) is 0 Å². The van der Waals surface area contributed by atoms with Crippen LogP contribution in [0.2, 0.25) is 0 Å². The van der Waals surface area contributed by atoms with Gasteiger partial charge in [0.25, 0.3) is 0 Å². The van der Waals surface area contributed by atoms with Crippen molar-refractivity contribution in [3.63, 3.8) is 0 Å². The summed E-state index contributed by atoms with van der Waals surface area (Å²) < 4.78 is 17.6. The first-order valence-corrected chi connectivity index (χ1v) is 5.17. The van der Waals surface area contributed by atoms with Gasteiger partial charge in [0.15, 0.2) is 0 Å². The largest absolute Gasteiger partial charge is 0.469 e. The fraction of sp³-hybridized carbons (Fsp3) is 0.417. The first-order chi connectivity index (χ1) is 7.95. The summed E-state index contributed by atoms with van der Waals surface area (Å²) in [5.74, 6) is -0.894. The van der Waals surface area contributed by atoms with Gasteiger partial charge in [-0.3, -0.25) is 4.79 Å². The van der Waals surface area contributed by atoms with Gasteiger partial charge in [0.05, 0.1) is 19.6 Å². The lowest BCUT2D eigenvalue weighted by Gasteiger charge is -2.20. The normalized spacial score (nSPS) is 12.1. The van der Waals surface area contributed by atoms with Gasteiger partial charge in [-0.05, 0) is 12.1 Å². The molecule has 0 saturated heterocycles. The van der Waals surface area contributed by atoms with Gasteiger partial charge < -0.3 is 14.7 Å². The van der Waals surface area contributed by atoms with Crippen LogP contribution in [0.3, 0.4) is 0 Å². The molecule has 0 spiro atoms. The highest BCUT2D eigenvalue weighted by Gasteiger charge is 2.18. The Bertz CT molecular complexity index is 407. The van der Waals surface area contributed by atoms with Crippen LogP contribution in [0.5, 0.6) is 0 Å². The molecule has 1 atom stereocenters. The summed E-state index contributed by atoms with van der Waals surface area (Å²) in [5.41, 5.74) is 1.04. The zero-order valence-electron chi connectivity index (χ0n) is 10.1. The molecule has 4 nitrogen and oxygen atoms in total. The molecule has 1 aromatic carbocycles. The molecule has 0 saturated carbocycles. The summed E-state index contributed by atoms with van der Waals surface area (Å²) in [6.45, 7) is 0. The lowest BCUT2D eigenvalue weighted by atomic mass is 10.0.